The van der Waals surface area contributed by atoms with Gasteiger partial charge in [-0.05, 0) is 58.9 Å². The number of hydrogen-bond donors (Lipinski definition) is 10. The number of carbonyl (C=O) groups excluding carboxylic acids is 7. The van der Waals surface area contributed by atoms with Gasteiger partial charge in [-0.15, -0.1) is 0 Å². The minimum Gasteiger partial charge on any atom is -0.480 e. The molecule has 0 aromatic heterocycles. The van der Waals surface area contributed by atoms with E-state index < -0.39 is 96.2 Å². The molecule has 260 valence electrons. The summed E-state index contributed by atoms with van der Waals surface area (Å²) in [6.45, 7) is 7.45. The van der Waals surface area contributed by atoms with Crippen LogP contribution in [0, 0.1) is 5.92 Å². The Labute approximate surface area is 267 Å². The van der Waals surface area contributed by atoms with Crippen molar-refractivity contribution in [3.8, 4) is 0 Å². The Bertz CT molecular complexity index is 1130. The molecule has 18 nitrogen and oxygen atoms in total. The van der Waals surface area contributed by atoms with Gasteiger partial charge in [-0.3, -0.25) is 38.4 Å². The van der Waals surface area contributed by atoms with Gasteiger partial charge < -0.3 is 53.2 Å². The van der Waals surface area contributed by atoms with Crippen molar-refractivity contribution in [3.05, 3.63) is 0 Å². The molecule has 0 spiro atoms. The van der Waals surface area contributed by atoms with Crippen LogP contribution >= 0.6 is 0 Å². The first kappa shape index (κ1) is 39.7. The number of amides is 7. The van der Waals surface area contributed by atoms with E-state index in [0.717, 1.165) is 6.42 Å². The van der Waals surface area contributed by atoms with Crippen LogP contribution in [-0.4, -0.2) is 113 Å². The molecular formula is C28H48N8O10. The zero-order valence-corrected chi connectivity index (χ0v) is 26.8. The first-order chi connectivity index (χ1) is 21.4. The third-order valence-electron chi connectivity index (χ3n) is 7.02. The van der Waals surface area contributed by atoms with Crippen LogP contribution in [0.5, 0.6) is 0 Å². The monoisotopic (exact) mass is 656 g/mol. The zero-order valence-electron chi connectivity index (χ0n) is 26.8. The number of nitrogens with two attached hydrogens (primary N) is 1. The number of primary amides is 1. The molecule has 0 aromatic rings. The second-order valence-electron chi connectivity index (χ2n) is 11.7. The Morgan fingerprint density at radius 1 is 0.804 bits per heavy atom. The van der Waals surface area contributed by atoms with Crippen molar-refractivity contribution in [2.75, 3.05) is 13.1 Å². The maximum absolute atomic E-state index is 13.1. The summed E-state index contributed by atoms with van der Waals surface area (Å²) in [6, 6.07) is -6.81. The first-order valence-electron chi connectivity index (χ1n) is 15.1. The summed E-state index contributed by atoms with van der Waals surface area (Å²) in [5.41, 5.74) is 5.22. The second kappa shape index (κ2) is 19.3. The van der Waals surface area contributed by atoms with Crippen LogP contribution in [-0.2, 0) is 38.4 Å². The Kier molecular flexibility index (Phi) is 16.6. The van der Waals surface area contributed by atoms with Gasteiger partial charge in [0.05, 0.1) is 18.7 Å². The highest BCUT2D eigenvalue weighted by molar-refractivity contribution is 5.96. The minimum absolute atomic E-state index is 0.0954. The van der Waals surface area contributed by atoms with E-state index in [1.807, 2.05) is 0 Å². The lowest BCUT2D eigenvalue weighted by atomic mass is 10.0. The van der Waals surface area contributed by atoms with Crippen molar-refractivity contribution in [3.63, 3.8) is 0 Å². The largest absolute Gasteiger partial charge is 0.480 e. The van der Waals surface area contributed by atoms with Gasteiger partial charge >= 0.3 is 5.97 Å². The summed E-state index contributed by atoms with van der Waals surface area (Å²) in [4.78, 5) is 98.8. The van der Waals surface area contributed by atoms with Gasteiger partial charge in [0.2, 0.25) is 41.4 Å². The van der Waals surface area contributed by atoms with Crippen molar-refractivity contribution < 1.29 is 48.6 Å². The molecule has 1 aliphatic rings. The van der Waals surface area contributed by atoms with Crippen LogP contribution in [0.15, 0.2) is 0 Å². The maximum atomic E-state index is 13.1. The highest BCUT2D eigenvalue weighted by Crippen LogP contribution is 2.08. The molecule has 1 saturated heterocycles. The van der Waals surface area contributed by atoms with Crippen molar-refractivity contribution in [1.29, 1.82) is 0 Å². The fourth-order valence-electron chi connectivity index (χ4n) is 4.41. The highest BCUT2D eigenvalue weighted by atomic mass is 16.4. The molecule has 46 heavy (non-hydrogen) atoms. The highest BCUT2D eigenvalue weighted by Gasteiger charge is 2.32. The van der Waals surface area contributed by atoms with Gasteiger partial charge in [-0.2, -0.15) is 0 Å². The molecule has 1 heterocycles. The smallest absolute Gasteiger partial charge is 0.325 e. The SMILES string of the molecule is CC(C)C[C@H](NC(=O)[C@H](CCC(N)=O)NC(=O)[C@H](C)NC(=O)CNC(=O)[C@@H](NC(=O)[C@@H]1CCCN1)[C@@H](C)O)C(=O)N[C@@H](C)C(=O)O. The van der Waals surface area contributed by atoms with E-state index in [1.54, 1.807) is 13.8 Å². The number of carboxylic acid groups (broad SMARTS) is 1. The molecule has 18 heteroatoms. The predicted molar refractivity (Wildman–Crippen MR) is 162 cm³/mol. The fraction of sp³-hybridized carbons (Fsp3) is 0.714. The third kappa shape index (κ3) is 14.2. The molecule has 0 saturated carbocycles. The molecule has 11 N–H and O–H groups in total. The quantitative estimate of drug-likeness (QED) is 0.0641. The molecule has 1 aliphatic heterocycles. The van der Waals surface area contributed by atoms with E-state index in [9.17, 15) is 43.5 Å². The average Bonchev–Trinajstić information content (AvgIpc) is 3.50. The number of nitrogens with one attached hydrogen (secondary N) is 7. The Balaban J connectivity index is 2.82. The van der Waals surface area contributed by atoms with Crippen LogP contribution < -0.4 is 43.0 Å². The summed E-state index contributed by atoms with van der Waals surface area (Å²) in [5, 5.41) is 36.4. The molecule has 7 atom stereocenters. The van der Waals surface area contributed by atoms with Crippen LogP contribution in [0.25, 0.3) is 0 Å². The molecule has 0 aliphatic carbocycles. The van der Waals surface area contributed by atoms with E-state index in [4.69, 9.17) is 10.8 Å². The topological polar surface area (TPSA) is 287 Å². The van der Waals surface area contributed by atoms with Crippen molar-refractivity contribution in [1.82, 2.24) is 37.2 Å². The Morgan fingerprint density at radius 2 is 1.41 bits per heavy atom. The molecule has 0 bridgehead atoms. The van der Waals surface area contributed by atoms with Gasteiger partial charge in [-0.1, -0.05) is 13.8 Å². The van der Waals surface area contributed by atoms with Gasteiger partial charge in [-0.25, -0.2) is 0 Å². The van der Waals surface area contributed by atoms with Gasteiger partial charge in [0.25, 0.3) is 0 Å². The van der Waals surface area contributed by atoms with Crippen molar-refractivity contribution >= 4 is 47.3 Å². The van der Waals surface area contributed by atoms with Crippen LogP contribution in [0.1, 0.15) is 66.7 Å². The number of hydrogen-bond acceptors (Lipinski definition) is 10. The lowest BCUT2D eigenvalue weighted by molar-refractivity contribution is -0.142. The number of aliphatic carboxylic acids is 1. The lowest BCUT2D eigenvalue weighted by Gasteiger charge is -2.25. The van der Waals surface area contributed by atoms with Crippen molar-refractivity contribution in [2.24, 2.45) is 11.7 Å². The van der Waals surface area contributed by atoms with E-state index in [-0.39, 0.29) is 25.2 Å². The molecular weight excluding hydrogens is 608 g/mol. The van der Waals surface area contributed by atoms with Gasteiger partial charge in [0, 0.05) is 6.42 Å². The molecule has 0 unspecified atom stereocenters. The summed E-state index contributed by atoms with van der Waals surface area (Å²) >= 11 is 0. The van der Waals surface area contributed by atoms with E-state index in [2.05, 4.69) is 37.2 Å². The molecule has 1 rings (SSSR count). The van der Waals surface area contributed by atoms with Crippen LogP contribution in [0.3, 0.4) is 0 Å². The normalized spacial score (nSPS) is 18.1. The molecule has 7 amide bonds. The maximum Gasteiger partial charge on any atom is 0.325 e. The average molecular weight is 657 g/mol. The minimum atomic E-state index is -1.36. The van der Waals surface area contributed by atoms with E-state index in [1.165, 1.54) is 20.8 Å². The summed E-state index contributed by atoms with van der Waals surface area (Å²) in [5.74, 6) is -6.67. The van der Waals surface area contributed by atoms with E-state index >= 15 is 0 Å². The van der Waals surface area contributed by atoms with Crippen LogP contribution in [0.4, 0.5) is 0 Å². The Hall–Kier alpha value is -4.32. The molecule has 0 radical (unpaired) electrons. The summed E-state index contributed by atoms with van der Waals surface area (Å²) < 4.78 is 0. The number of rotatable bonds is 19. The standard InChI is InChI=1S/C28H48N8O10/c1-13(2)11-19(26(43)33-15(4)28(45)46)35-25(42)18(8-9-20(29)38)34-23(40)14(3)32-21(39)12-31-27(44)22(16(5)37)36-24(41)17-7-6-10-30-17/h13-19,22,30,37H,6-12H2,1-5H3,(H2,29,38)(H,31,44)(H,32,39)(H,33,43)(H,34,40)(H,35,42)(H,36,41)(H,45,46)/t14-,15-,16+,17-,18-,19-,22-/m0/s1. The fourth-order valence-corrected chi connectivity index (χ4v) is 4.41. The Morgan fingerprint density at radius 3 is 1.93 bits per heavy atom. The van der Waals surface area contributed by atoms with E-state index in [0.29, 0.717) is 13.0 Å². The number of aliphatic hydroxyl groups is 1. The summed E-state index contributed by atoms with van der Waals surface area (Å²) in [6.07, 6.45) is -0.319. The van der Waals surface area contributed by atoms with Gasteiger partial charge in [0.1, 0.15) is 30.2 Å². The number of carbonyl (C=O) groups is 8. The summed E-state index contributed by atoms with van der Waals surface area (Å²) in [7, 11) is 0. The van der Waals surface area contributed by atoms with Gasteiger partial charge in [0.15, 0.2) is 0 Å². The lowest BCUT2D eigenvalue weighted by Crippen LogP contribution is -2.58. The van der Waals surface area contributed by atoms with Crippen LogP contribution in [0.2, 0.25) is 0 Å². The predicted octanol–water partition coefficient (Wildman–Crippen LogP) is -3.90. The second-order valence-corrected chi connectivity index (χ2v) is 11.7. The number of carboxylic acids is 1. The molecule has 1 fully saturated rings. The third-order valence-corrected chi connectivity index (χ3v) is 7.02. The zero-order chi connectivity index (χ0) is 35.1. The first-order valence-corrected chi connectivity index (χ1v) is 15.1. The number of aliphatic hydroxyl groups excluding tert-OH is 1. The molecule has 0 aromatic carbocycles. The van der Waals surface area contributed by atoms with Crippen molar-refractivity contribution in [2.45, 2.75) is 109 Å².